The van der Waals surface area contributed by atoms with Crippen LogP contribution < -0.4 is 0 Å². The Morgan fingerprint density at radius 1 is 1.77 bits per heavy atom. The molecular weight excluding hydrogens is 186 g/mol. The van der Waals surface area contributed by atoms with Crippen LogP contribution in [0.5, 0.6) is 0 Å². The Morgan fingerprint density at radius 3 is 3.31 bits per heavy atom. The summed E-state index contributed by atoms with van der Waals surface area (Å²) in [5.74, 6) is 0.133. The van der Waals surface area contributed by atoms with E-state index in [1.54, 1.807) is 23.8 Å². The van der Waals surface area contributed by atoms with Crippen LogP contribution in [0.1, 0.15) is 6.42 Å². The summed E-state index contributed by atoms with van der Waals surface area (Å²) in [5, 5.41) is 0.994. The average molecular weight is 197 g/mol. The number of carbonyl (C=O) groups is 1. The molecule has 0 bridgehead atoms. The number of amides is 1. The van der Waals surface area contributed by atoms with Gasteiger partial charge < -0.3 is 4.74 Å². The molecule has 0 saturated carbocycles. The standard InChI is InChI=1S/C9H11NO2S/c1-12-6-7-9(11)10-5-3-2-4-8(10)13-7/h3-5,7H,2,6H2,1H3. The third kappa shape index (κ3) is 1.51. The van der Waals surface area contributed by atoms with Gasteiger partial charge in [0.2, 0.25) is 5.91 Å². The van der Waals surface area contributed by atoms with Gasteiger partial charge in [-0.15, -0.1) is 0 Å². The summed E-state index contributed by atoms with van der Waals surface area (Å²) in [7, 11) is 1.62. The molecule has 1 fully saturated rings. The highest BCUT2D eigenvalue weighted by Gasteiger charge is 2.35. The Labute approximate surface area is 81.4 Å². The van der Waals surface area contributed by atoms with E-state index in [1.165, 1.54) is 0 Å². The highest BCUT2D eigenvalue weighted by Crippen LogP contribution is 2.37. The van der Waals surface area contributed by atoms with Gasteiger partial charge in [0.15, 0.2) is 0 Å². The highest BCUT2D eigenvalue weighted by molar-refractivity contribution is 8.04. The fourth-order valence-electron chi connectivity index (χ4n) is 1.40. The van der Waals surface area contributed by atoms with Gasteiger partial charge in [-0.25, -0.2) is 0 Å². The maximum Gasteiger partial charge on any atom is 0.247 e. The summed E-state index contributed by atoms with van der Waals surface area (Å²) in [4.78, 5) is 13.4. The first-order chi connectivity index (χ1) is 6.33. The topological polar surface area (TPSA) is 29.5 Å². The van der Waals surface area contributed by atoms with Crippen molar-refractivity contribution in [2.45, 2.75) is 11.7 Å². The Hall–Kier alpha value is -0.740. The molecule has 2 aliphatic rings. The van der Waals surface area contributed by atoms with E-state index in [1.807, 2.05) is 12.3 Å². The normalized spacial score (nSPS) is 26.2. The lowest BCUT2D eigenvalue weighted by molar-refractivity contribution is -0.126. The molecule has 3 nitrogen and oxygen atoms in total. The third-order valence-electron chi connectivity index (χ3n) is 2.01. The number of hydrogen-bond donors (Lipinski definition) is 0. The molecule has 0 aliphatic carbocycles. The van der Waals surface area contributed by atoms with Crippen LogP contribution in [-0.4, -0.2) is 29.8 Å². The molecule has 2 aliphatic heterocycles. The Morgan fingerprint density at radius 2 is 2.62 bits per heavy atom. The van der Waals surface area contributed by atoms with Crippen molar-refractivity contribution in [3.05, 3.63) is 23.4 Å². The summed E-state index contributed by atoms with van der Waals surface area (Å²) >= 11 is 1.59. The number of thioether (sulfide) groups is 1. The second-order valence-electron chi connectivity index (χ2n) is 2.93. The molecule has 0 radical (unpaired) electrons. The molecule has 0 spiro atoms. The van der Waals surface area contributed by atoms with Crippen molar-refractivity contribution in [1.82, 2.24) is 4.90 Å². The van der Waals surface area contributed by atoms with Gasteiger partial charge >= 0.3 is 0 Å². The van der Waals surface area contributed by atoms with Crippen LogP contribution in [0.15, 0.2) is 23.4 Å². The van der Waals surface area contributed by atoms with E-state index >= 15 is 0 Å². The molecule has 1 saturated heterocycles. The number of rotatable bonds is 2. The number of fused-ring (bicyclic) bond motifs is 1. The predicted octanol–water partition coefficient (Wildman–Crippen LogP) is 1.34. The molecule has 2 rings (SSSR count). The minimum Gasteiger partial charge on any atom is -0.383 e. The SMILES string of the molecule is COCC1SC2=CCC=CN2C1=O. The van der Waals surface area contributed by atoms with E-state index < -0.39 is 0 Å². The second-order valence-corrected chi connectivity index (χ2v) is 4.16. The number of hydrogen-bond acceptors (Lipinski definition) is 3. The fraction of sp³-hybridized carbons (Fsp3) is 0.444. The number of methoxy groups -OCH3 is 1. The third-order valence-corrected chi connectivity index (χ3v) is 3.24. The van der Waals surface area contributed by atoms with Crippen molar-refractivity contribution in [3.8, 4) is 0 Å². The lowest BCUT2D eigenvalue weighted by atomic mass is 10.3. The average Bonchev–Trinajstić information content (AvgIpc) is 2.46. The molecule has 70 valence electrons. The number of allylic oxidation sites excluding steroid dienone is 2. The second kappa shape index (κ2) is 3.55. The van der Waals surface area contributed by atoms with E-state index in [-0.39, 0.29) is 11.2 Å². The zero-order chi connectivity index (χ0) is 9.26. The minimum absolute atomic E-state index is 0.0565. The fourth-order valence-corrected chi connectivity index (χ4v) is 2.57. The van der Waals surface area contributed by atoms with Gasteiger partial charge in [-0.3, -0.25) is 9.69 Å². The lowest BCUT2D eigenvalue weighted by Gasteiger charge is -2.14. The minimum atomic E-state index is -0.0565. The number of ether oxygens (including phenoxy) is 1. The van der Waals surface area contributed by atoms with Crippen molar-refractivity contribution in [2.75, 3.05) is 13.7 Å². The molecule has 0 aromatic heterocycles. The summed E-state index contributed by atoms with van der Waals surface area (Å²) < 4.78 is 4.98. The zero-order valence-electron chi connectivity index (χ0n) is 7.40. The van der Waals surface area contributed by atoms with Crippen LogP contribution in [0, 0.1) is 0 Å². The van der Waals surface area contributed by atoms with Gasteiger partial charge in [-0.05, 0) is 12.5 Å². The first kappa shape index (κ1) is 8.84. The molecule has 0 N–H and O–H groups in total. The summed E-state index contributed by atoms with van der Waals surface area (Å²) in [6.07, 6.45) is 6.82. The van der Waals surface area contributed by atoms with Crippen LogP contribution in [0.4, 0.5) is 0 Å². The maximum absolute atomic E-state index is 11.7. The van der Waals surface area contributed by atoms with Gasteiger partial charge in [-0.1, -0.05) is 17.8 Å². The Bertz CT molecular complexity index is 285. The van der Waals surface area contributed by atoms with Gasteiger partial charge in [0.1, 0.15) is 5.25 Å². The molecule has 0 aromatic rings. The Kier molecular flexibility index (Phi) is 2.42. The number of carbonyl (C=O) groups excluding carboxylic acids is 1. The monoisotopic (exact) mass is 197 g/mol. The van der Waals surface area contributed by atoms with Gasteiger partial charge in [-0.2, -0.15) is 0 Å². The quantitative estimate of drug-likeness (QED) is 0.669. The maximum atomic E-state index is 11.7. The van der Waals surface area contributed by atoms with Crippen LogP contribution in [-0.2, 0) is 9.53 Å². The van der Waals surface area contributed by atoms with E-state index in [0.717, 1.165) is 11.4 Å². The molecule has 1 atom stereocenters. The molecule has 4 heteroatoms. The van der Waals surface area contributed by atoms with Crippen LogP contribution >= 0.6 is 11.8 Å². The van der Waals surface area contributed by atoms with Crippen molar-refractivity contribution >= 4 is 17.7 Å². The van der Waals surface area contributed by atoms with Gasteiger partial charge in [0.25, 0.3) is 0 Å². The summed E-state index contributed by atoms with van der Waals surface area (Å²) in [6.45, 7) is 0.491. The van der Waals surface area contributed by atoms with Crippen LogP contribution in [0.2, 0.25) is 0 Å². The molecule has 1 unspecified atom stereocenters. The van der Waals surface area contributed by atoms with Crippen LogP contribution in [0.3, 0.4) is 0 Å². The van der Waals surface area contributed by atoms with Gasteiger partial charge in [0.05, 0.1) is 11.6 Å². The smallest absolute Gasteiger partial charge is 0.247 e. The van der Waals surface area contributed by atoms with Crippen molar-refractivity contribution < 1.29 is 9.53 Å². The largest absolute Gasteiger partial charge is 0.383 e. The van der Waals surface area contributed by atoms with Crippen molar-refractivity contribution in [3.63, 3.8) is 0 Å². The highest BCUT2D eigenvalue weighted by atomic mass is 32.2. The molecule has 2 heterocycles. The molecule has 1 amide bonds. The first-order valence-corrected chi connectivity index (χ1v) is 5.06. The molecule has 0 aromatic carbocycles. The van der Waals surface area contributed by atoms with E-state index in [4.69, 9.17) is 4.74 Å². The van der Waals surface area contributed by atoms with E-state index in [0.29, 0.717) is 6.61 Å². The van der Waals surface area contributed by atoms with E-state index in [9.17, 15) is 4.79 Å². The zero-order valence-corrected chi connectivity index (χ0v) is 8.21. The molecular formula is C9H11NO2S. The summed E-state index contributed by atoms with van der Waals surface area (Å²) in [5.41, 5.74) is 0. The first-order valence-electron chi connectivity index (χ1n) is 4.18. The number of nitrogens with zero attached hydrogens (tertiary/aromatic N) is 1. The lowest BCUT2D eigenvalue weighted by Crippen LogP contribution is -2.27. The van der Waals surface area contributed by atoms with E-state index in [2.05, 4.69) is 6.08 Å². The van der Waals surface area contributed by atoms with Crippen molar-refractivity contribution in [2.24, 2.45) is 0 Å². The molecule has 13 heavy (non-hydrogen) atoms. The predicted molar refractivity (Wildman–Crippen MR) is 51.9 cm³/mol. The van der Waals surface area contributed by atoms with Gasteiger partial charge in [0, 0.05) is 13.3 Å². The van der Waals surface area contributed by atoms with Crippen LogP contribution in [0.25, 0.3) is 0 Å². The summed E-state index contributed by atoms with van der Waals surface area (Å²) in [6, 6.07) is 0. The Balaban J connectivity index is 2.14. The van der Waals surface area contributed by atoms with Crippen molar-refractivity contribution in [1.29, 1.82) is 0 Å².